The van der Waals surface area contributed by atoms with Gasteiger partial charge in [0.2, 0.25) is 5.91 Å². The Hall–Kier alpha value is -2.73. The summed E-state index contributed by atoms with van der Waals surface area (Å²) in [5.74, 6) is -1.61. The number of hydrogen-bond acceptors (Lipinski definition) is 3. The molecular weight excluding hydrogens is 335 g/mol. The van der Waals surface area contributed by atoms with Crippen molar-refractivity contribution in [1.29, 1.82) is 0 Å². The SMILES string of the molecule is O=C(O)[C@H](Cc1ccc(-c2ccc(F)cc2)cc1)NC(=O)[C@@H]1CCCN1. The largest absolute Gasteiger partial charge is 0.480 e. The molecule has 3 N–H and O–H groups in total. The Morgan fingerprint density at radius 3 is 2.27 bits per heavy atom. The van der Waals surface area contributed by atoms with Gasteiger partial charge in [0.15, 0.2) is 0 Å². The van der Waals surface area contributed by atoms with Crippen molar-refractivity contribution < 1.29 is 19.1 Å². The lowest BCUT2D eigenvalue weighted by Gasteiger charge is -2.18. The maximum Gasteiger partial charge on any atom is 0.326 e. The van der Waals surface area contributed by atoms with Crippen LogP contribution < -0.4 is 10.6 Å². The first-order valence-electron chi connectivity index (χ1n) is 8.64. The Balaban J connectivity index is 1.66. The zero-order valence-electron chi connectivity index (χ0n) is 14.2. The fourth-order valence-electron chi connectivity index (χ4n) is 3.09. The van der Waals surface area contributed by atoms with Gasteiger partial charge in [0.25, 0.3) is 0 Å². The van der Waals surface area contributed by atoms with Crippen LogP contribution in [0.15, 0.2) is 48.5 Å². The Bertz CT molecular complexity index is 769. The summed E-state index contributed by atoms with van der Waals surface area (Å²) in [5, 5.41) is 15.1. The Morgan fingerprint density at radius 2 is 1.73 bits per heavy atom. The van der Waals surface area contributed by atoms with Crippen LogP contribution in [0.5, 0.6) is 0 Å². The molecule has 1 aliphatic heterocycles. The van der Waals surface area contributed by atoms with Crippen LogP contribution in [0, 0.1) is 5.82 Å². The van der Waals surface area contributed by atoms with Gasteiger partial charge in [-0.15, -0.1) is 0 Å². The molecule has 1 heterocycles. The van der Waals surface area contributed by atoms with Gasteiger partial charge in [-0.2, -0.15) is 0 Å². The second-order valence-corrected chi connectivity index (χ2v) is 6.46. The molecule has 0 saturated carbocycles. The van der Waals surface area contributed by atoms with Crippen LogP contribution in [0.4, 0.5) is 4.39 Å². The van der Waals surface area contributed by atoms with E-state index in [0.717, 1.165) is 36.1 Å². The van der Waals surface area contributed by atoms with Crippen molar-refractivity contribution in [3.63, 3.8) is 0 Å². The van der Waals surface area contributed by atoms with Gasteiger partial charge in [0.1, 0.15) is 11.9 Å². The molecule has 1 fully saturated rings. The van der Waals surface area contributed by atoms with Crippen LogP contribution in [0.3, 0.4) is 0 Å². The van der Waals surface area contributed by atoms with Gasteiger partial charge in [0, 0.05) is 6.42 Å². The summed E-state index contributed by atoms with van der Waals surface area (Å²) in [7, 11) is 0. The van der Waals surface area contributed by atoms with E-state index >= 15 is 0 Å². The first-order valence-corrected chi connectivity index (χ1v) is 8.64. The zero-order valence-corrected chi connectivity index (χ0v) is 14.2. The summed E-state index contributed by atoms with van der Waals surface area (Å²) in [5.41, 5.74) is 2.61. The summed E-state index contributed by atoms with van der Waals surface area (Å²) < 4.78 is 13.0. The third kappa shape index (κ3) is 4.46. The minimum Gasteiger partial charge on any atom is -0.480 e. The molecule has 0 aliphatic carbocycles. The van der Waals surface area contributed by atoms with E-state index in [-0.39, 0.29) is 24.2 Å². The number of carbonyl (C=O) groups excluding carboxylic acids is 1. The van der Waals surface area contributed by atoms with Crippen molar-refractivity contribution in [1.82, 2.24) is 10.6 Å². The molecule has 0 spiro atoms. The van der Waals surface area contributed by atoms with Crippen molar-refractivity contribution >= 4 is 11.9 Å². The molecule has 2 atom stereocenters. The maximum absolute atomic E-state index is 13.0. The third-order valence-electron chi connectivity index (χ3n) is 4.56. The van der Waals surface area contributed by atoms with Gasteiger partial charge in [0.05, 0.1) is 6.04 Å². The Labute approximate surface area is 151 Å². The lowest BCUT2D eigenvalue weighted by atomic mass is 10.0. The number of carboxylic acids is 1. The molecule has 1 saturated heterocycles. The number of carbonyl (C=O) groups is 2. The molecule has 136 valence electrons. The summed E-state index contributed by atoms with van der Waals surface area (Å²) in [6.07, 6.45) is 1.85. The van der Waals surface area contributed by atoms with E-state index in [0.29, 0.717) is 0 Å². The molecule has 26 heavy (non-hydrogen) atoms. The molecule has 2 aromatic carbocycles. The van der Waals surface area contributed by atoms with Gasteiger partial charge in [-0.05, 0) is 48.2 Å². The van der Waals surface area contributed by atoms with Crippen molar-refractivity contribution in [2.24, 2.45) is 0 Å². The number of rotatable bonds is 6. The Kier molecular flexibility index (Phi) is 5.63. The van der Waals surface area contributed by atoms with Crippen molar-refractivity contribution in [3.8, 4) is 11.1 Å². The molecule has 5 nitrogen and oxygen atoms in total. The first-order chi connectivity index (χ1) is 12.5. The summed E-state index contributed by atoms with van der Waals surface area (Å²) in [6.45, 7) is 0.778. The van der Waals surface area contributed by atoms with Gasteiger partial charge in [-0.25, -0.2) is 9.18 Å². The molecule has 1 amide bonds. The number of halogens is 1. The standard InChI is InChI=1S/C20H21FN2O3/c21-16-9-7-15(8-10-16)14-5-3-13(4-6-14)12-18(20(25)26)23-19(24)17-2-1-11-22-17/h3-10,17-18,22H,1-2,11-12H2,(H,23,24)(H,25,26)/t17-,18-/m0/s1. The fourth-order valence-corrected chi connectivity index (χ4v) is 3.09. The summed E-state index contributed by atoms with van der Waals surface area (Å²) >= 11 is 0. The fraction of sp³-hybridized carbons (Fsp3) is 0.300. The lowest BCUT2D eigenvalue weighted by molar-refractivity contribution is -0.142. The van der Waals surface area contributed by atoms with Crippen molar-refractivity contribution in [2.45, 2.75) is 31.3 Å². The van der Waals surface area contributed by atoms with Crippen LogP contribution in [-0.2, 0) is 16.0 Å². The highest BCUT2D eigenvalue weighted by atomic mass is 19.1. The average Bonchev–Trinajstić information content (AvgIpc) is 3.17. The van der Waals surface area contributed by atoms with E-state index < -0.39 is 12.0 Å². The van der Waals surface area contributed by atoms with Crippen LogP contribution in [0.25, 0.3) is 11.1 Å². The second-order valence-electron chi connectivity index (χ2n) is 6.46. The minimum atomic E-state index is -1.06. The molecule has 6 heteroatoms. The van der Waals surface area contributed by atoms with Crippen LogP contribution in [0.1, 0.15) is 18.4 Å². The molecule has 0 radical (unpaired) electrons. The van der Waals surface area contributed by atoms with Crippen LogP contribution in [-0.4, -0.2) is 35.6 Å². The van der Waals surface area contributed by atoms with E-state index in [2.05, 4.69) is 10.6 Å². The third-order valence-corrected chi connectivity index (χ3v) is 4.56. The van der Waals surface area contributed by atoms with Gasteiger partial charge in [-0.3, -0.25) is 4.79 Å². The Morgan fingerprint density at radius 1 is 1.12 bits per heavy atom. The lowest BCUT2D eigenvalue weighted by Crippen LogP contribution is -2.49. The number of aliphatic carboxylic acids is 1. The predicted octanol–water partition coefficient (Wildman–Crippen LogP) is 2.36. The first kappa shape index (κ1) is 18.1. The quantitative estimate of drug-likeness (QED) is 0.742. The number of amides is 1. The highest BCUT2D eigenvalue weighted by Gasteiger charge is 2.27. The zero-order chi connectivity index (χ0) is 18.5. The minimum absolute atomic E-state index is 0.206. The van der Waals surface area contributed by atoms with Gasteiger partial charge >= 0.3 is 5.97 Å². The van der Waals surface area contributed by atoms with Gasteiger partial charge in [-0.1, -0.05) is 36.4 Å². The molecule has 1 aliphatic rings. The van der Waals surface area contributed by atoms with Crippen molar-refractivity contribution in [3.05, 3.63) is 59.9 Å². The van der Waals surface area contributed by atoms with Gasteiger partial charge < -0.3 is 15.7 Å². The number of carboxylic acid groups (broad SMARTS) is 1. The highest BCUT2D eigenvalue weighted by molar-refractivity contribution is 5.87. The molecule has 2 aromatic rings. The molecule has 0 unspecified atom stereocenters. The number of benzene rings is 2. The van der Waals surface area contributed by atoms with E-state index in [1.165, 1.54) is 12.1 Å². The smallest absolute Gasteiger partial charge is 0.326 e. The monoisotopic (exact) mass is 356 g/mol. The molecule has 0 aromatic heterocycles. The topological polar surface area (TPSA) is 78.4 Å². The second kappa shape index (κ2) is 8.10. The van der Waals surface area contributed by atoms with E-state index in [9.17, 15) is 19.1 Å². The van der Waals surface area contributed by atoms with E-state index in [1.807, 2.05) is 24.3 Å². The van der Waals surface area contributed by atoms with E-state index in [4.69, 9.17) is 0 Å². The summed E-state index contributed by atoms with van der Waals surface area (Å²) in [6, 6.07) is 12.3. The molecule has 3 rings (SSSR count). The predicted molar refractivity (Wildman–Crippen MR) is 96.1 cm³/mol. The molecular formula is C20H21FN2O3. The summed E-state index contributed by atoms with van der Waals surface area (Å²) in [4.78, 5) is 23.7. The molecule has 0 bridgehead atoms. The number of nitrogens with one attached hydrogen (secondary N) is 2. The average molecular weight is 356 g/mol. The highest BCUT2D eigenvalue weighted by Crippen LogP contribution is 2.20. The van der Waals surface area contributed by atoms with Crippen LogP contribution in [0.2, 0.25) is 0 Å². The maximum atomic E-state index is 13.0. The van der Waals surface area contributed by atoms with Crippen molar-refractivity contribution in [2.75, 3.05) is 6.54 Å². The van der Waals surface area contributed by atoms with E-state index in [1.54, 1.807) is 12.1 Å². The van der Waals surface area contributed by atoms with Crippen LogP contribution >= 0.6 is 0 Å². The normalized spacial score (nSPS) is 17.7. The number of hydrogen-bond donors (Lipinski definition) is 3.